The Kier molecular flexibility index (Phi) is 7.03. The van der Waals surface area contributed by atoms with Gasteiger partial charge in [0.25, 0.3) is 0 Å². The highest BCUT2D eigenvalue weighted by molar-refractivity contribution is 5.79. The van der Waals surface area contributed by atoms with Crippen molar-refractivity contribution >= 4 is 11.9 Å². The second-order valence-corrected chi connectivity index (χ2v) is 5.34. The summed E-state index contributed by atoms with van der Waals surface area (Å²) >= 11 is 0. The Hall–Kier alpha value is -1.92. The SMILES string of the molecule is COC(=O)C(CCc1ccccc1)OCC(=O)N1CCOCC1. The van der Waals surface area contributed by atoms with Crippen LogP contribution in [0.4, 0.5) is 0 Å². The van der Waals surface area contributed by atoms with Gasteiger partial charge in [-0.3, -0.25) is 4.79 Å². The van der Waals surface area contributed by atoms with Crippen molar-refractivity contribution in [2.45, 2.75) is 18.9 Å². The van der Waals surface area contributed by atoms with Gasteiger partial charge in [0.1, 0.15) is 6.61 Å². The molecule has 1 aliphatic heterocycles. The Bertz CT molecular complexity index is 499. The summed E-state index contributed by atoms with van der Waals surface area (Å²) in [5, 5.41) is 0. The number of hydrogen-bond acceptors (Lipinski definition) is 5. The molecular weight excluding hydrogens is 298 g/mol. The fourth-order valence-electron chi connectivity index (χ4n) is 2.42. The Morgan fingerprint density at radius 3 is 2.57 bits per heavy atom. The average molecular weight is 321 g/mol. The van der Waals surface area contributed by atoms with Gasteiger partial charge in [0, 0.05) is 13.1 Å². The Morgan fingerprint density at radius 1 is 1.22 bits per heavy atom. The van der Waals surface area contributed by atoms with Gasteiger partial charge in [0.15, 0.2) is 6.10 Å². The van der Waals surface area contributed by atoms with Crippen LogP contribution < -0.4 is 0 Å². The van der Waals surface area contributed by atoms with Crippen molar-refractivity contribution in [3.63, 3.8) is 0 Å². The molecule has 1 saturated heterocycles. The molecule has 0 aromatic heterocycles. The number of nitrogens with zero attached hydrogens (tertiary/aromatic N) is 1. The Morgan fingerprint density at radius 2 is 1.91 bits per heavy atom. The minimum atomic E-state index is -0.731. The summed E-state index contributed by atoms with van der Waals surface area (Å²) in [6, 6.07) is 9.83. The summed E-state index contributed by atoms with van der Waals surface area (Å²) in [5.41, 5.74) is 1.12. The van der Waals surface area contributed by atoms with Crippen LogP contribution in [-0.2, 0) is 30.2 Å². The molecule has 1 fully saturated rings. The van der Waals surface area contributed by atoms with Crippen molar-refractivity contribution in [2.75, 3.05) is 40.0 Å². The summed E-state index contributed by atoms with van der Waals surface area (Å²) in [6.45, 7) is 2.10. The molecule has 1 unspecified atom stereocenters. The molecule has 1 aromatic rings. The van der Waals surface area contributed by atoms with Gasteiger partial charge in [-0.15, -0.1) is 0 Å². The van der Waals surface area contributed by atoms with E-state index in [9.17, 15) is 9.59 Å². The van der Waals surface area contributed by atoms with Crippen molar-refractivity contribution in [3.8, 4) is 0 Å². The lowest BCUT2D eigenvalue weighted by atomic mass is 10.1. The second kappa shape index (κ2) is 9.27. The molecule has 1 aromatic carbocycles. The monoisotopic (exact) mass is 321 g/mol. The lowest BCUT2D eigenvalue weighted by Gasteiger charge is -2.27. The minimum Gasteiger partial charge on any atom is -0.467 e. The van der Waals surface area contributed by atoms with Crippen LogP contribution in [0.15, 0.2) is 30.3 Å². The first kappa shape index (κ1) is 17.4. The van der Waals surface area contributed by atoms with Crippen LogP contribution >= 0.6 is 0 Å². The van der Waals surface area contributed by atoms with Crippen LogP contribution in [0.25, 0.3) is 0 Å². The number of methoxy groups -OCH3 is 1. The summed E-state index contributed by atoms with van der Waals surface area (Å²) in [4.78, 5) is 25.6. The van der Waals surface area contributed by atoms with Crippen LogP contribution in [0.2, 0.25) is 0 Å². The van der Waals surface area contributed by atoms with Gasteiger partial charge >= 0.3 is 5.97 Å². The number of rotatable bonds is 7. The van der Waals surface area contributed by atoms with E-state index >= 15 is 0 Å². The van der Waals surface area contributed by atoms with E-state index in [-0.39, 0.29) is 12.5 Å². The van der Waals surface area contributed by atoms with Crippen molar-refractivity contribution in [1.82, 2.24) is 4.90 Å². The first-order valence-corrected chi connectivity index (χ1v) is 7.79. The summed E-state index contributed by atoms with van der Waals surface area (Å²) in [5.74, 6) is -0.572. The van der Waals surface area contributed by atoms with E-state index < -0.39 is 12.1 Å². The maximum atomic E-state index is 12.1. The molecule has 1 heterocycles. The molecule has 1 aliphatic rings. The molecule has 0 spiro atoms. The van der Waals surface area contributed by atoms with E-state index in [0.29, 0.717) is 39.1 Å². The summed E-state index contributed by atoms with van der Waals surface area (Å²) in [7, 11) is 1.32. The third kappa shape index (κ3) is 5.65. The number of hydrogen-bond donors (Lipinski definition) is 0. The lowest BCUT2D eigenvalue weighted by Crippen LogP contribution is -2.43. The molecule has 1 amide bonds. The van der Waals surface area contributed by atoms with Crippen LogP contribution in [0.3, 0.4) is 0 Å². The van der Waals surface area contributed by atoms with Gasteiger partial charge < -0.3 is 19.1 Å². The van der Waals surface area contributed by atoms with Gasteiger partial charge in [-0.05, 0) is 18.4 Å². The molecule has 126 valence electrons. The van der Waals surface area contributed by atoms with E-state index in [0.717, 1.165) is 5.56 Å². The van der Waals surface area contributed by atoms with Gasteiger partial charge in [-0.25, -0.2) is 4.79 Å². The zero-order chi connectivity index (χ0) is 16.5. The number of aryl methyl sites for hydroxylation is 1. The van der Waals surface area contributed by atoms with Gasteiger partial charge in [-0.1, -0.05) is 30.3 Å². The number of benzene rings is 1. The highest BCUT2D eigenvalue weighted by Gasteiger charge is 2.23. The fraction of sp³-hybridized carbons (Fsp3) is 0.529. The topological polar surface area (TPSA) is 65.1 Å². The molecule has 0 bridgehead atoms. The molecule has 6 heteroatoms. The predicted octanol–water partition coefficient (Wildman–Crippen LogP) is 1.04. The number of carbonyl (C=O) groups excluding carboxylic acids is 2. The zero-order valence-corrected chi connectivity index (χ0v) is 13.4. The molecule has 1 atom stereocenters. The van der Waals surface area contributed by atoms with Crippen LogP contribution in [0.1, 0.15) is 12.0 Å². The van der Waals surface area contributed by atoms with E-state index in [1.165, 1.54) is 7.11 Å². The van der Waals surface area contributed by atoms with Crippen LogP contribution in [0.5, 0.6) is 0 Å². The lowest BCUT2D eigenvalue weighted by molar-refractivity contribution is -0.158. The van der Waals surface area contributed by atoms with Crippen molar-refractivity contribution < 1.29 is 23.8 Å². The normalized spacial score (nSPS) is 16.0. The molecule has 0 N–H and O–H groups in total. The summed E-state index contributed by atoms with van der Waals surface area (Å²) in [6.07, 6.45) is 0.435. The maximum Gasteiger partial charge on any atom is 0.335 e. The number of morpholine rings is 1. The average Bonchev–Trinajstić information content (AvgIpc) is 2.62. The highest BCUT2D eigenvalue weighted by Crippen LogP contribution is 2.10. The predicted molar refractivity (Wildman–Crippen MR) is 83.9 cm³/mol. The first-order valence-electron chi connectivity index (χ1n) is 7.79. The third-order valence-corrected chi connectivity index (χ3v) is 3.77. The third-order valence-electron chi connectivity index (χ3n) is 3.77. The smallest absolute Gasteiger partial charge is 0.335 e. The quantitative estimate of drug-likeness (QED) is 0.702. The highest BCUT2D eigenvalue weighted by atomic mass is 16.6. The van der Waals surface area contributed by atoms with E-state index in [4.69, 9.17) is 14.2 Å². The molecular formula is C17H23NO5. The fourth-order valence-corrected chi connectivity index (χ4v) is 2.42. The number of esters is 1. The number of ether oxygens (including phenoxy) is 3. The van der Waals surface area contributed by atoms with Crippen LogP contribution in [0, 0.1) is 0 Å². The molecule has 2 rings (SSSR count). The van der Waals surface area contributed by atoms with E-state index in [1.54, 1.807) is 4.90 Å². The molecule has 0 saturated carbocycles. The Balaban J connectivity index is 1.83. The molecule has 23 heavy (non-hydrogen) atoms. The van der Waals surface area contributed by atoms with Crippen molar-refractivity contribution in [2.24, 2.45) is 0 Å². The number of amides is 1. The standard InChI is InChI=1S/C17H23NO5/c1-21-17(20)15(8-7-14-5-3-2-4-6-14)23-13-16(19)18-9-11-22-12-10-18/h2-6,15H,7-13H2,1H3. The maximum absolute atomic E-state index is 12.1. The van der Waals surface area contributed by atoms with Gasteiger partial charge in [-0.2, -0.15) is 0 Å². The van der Waals surface area contributed by atoms with Crippen LogP contribution in [-0.4, -0.2) is 62.9 Å². The molecule has 6 nitrogen and oxygen atoms in total. The summed E-state index contributed by atoms with van der Waals surface area (Å²) < 4.78 is 15.5. The van der Waals surface area contributed by atoms with Gasteiger partial charge in [0.2, 0.25) is 5.91 Å². The molecule has 0 aliphatic carbocycles. The number of carbonyl (C=O) groups is 2. The second-order valence-electron chi connectivity index (χ2n) is 5.34. The minimum absolute atomic E-state index is 0.117. The van der Waals surface area contributed by atoms with Gasteiger partial charge in [0.05, 0.1) is 20.3 Å². The largest absolute Gasteiger partial charge is 0.467 e. The van der Waals surface area contributed by atoms with Crippen molar-refractivity contribution in [3.05, 3.63) is 35.9 Å². The first-order chi connectivity index (χ1) is 11.2. The zero-order valence-electron chi connectivity index (χ0n) is 13.4. The van der Waals surface area contributed by atoms with E-state index in [1.807, 2.05) is 30.3 Å². The Labute approximate surface area is 136 Å². The van der Waals surface area contributed by atoms with E-state index in [2.05, 4.69) is 0 Å². The molecule has 0 radical (unpaired) electrons. The van der Waals surface area contributed by atoms with Crippen molar-refractivity contribution in [1.29, 1.82) is 0 Å².